The first-order valence-corrected chi connectivity index (χ1v) is 6.37. The largest absolute Gasteiger partial charge is 0.379 e. The van der Waals surface area contributed by atoms with Gasteiger partial charge in [0, 0.05) is 19.6 Å². The Bertz CT molecular complexity index is 216. The molecule has 1 heterocycles. The molecule has 1 aliphatic heterocycles. The fourth-order valence-electron chi connectivity index (χ4n) is 1.65. The topological polar surface area (TPSA) is 50.8 Å². The van der Waals surface area contributed by atoms with Crippen LogP contribution in [0.25, 0.3) is 0 Å². The molecule has 17 heavy (non-hydrogen) atoms. The summed E-state index contributed by atoms with van der Waals surface area (Å²) >= 11 is 0. The molecule has 0 aromatic carbocycles. The minimum atomic E-state index is -0.0272. The highest BCUT2D eigenvalue weighted by Crippen LogP contribution is 1.97. The number of rotatable bonds is 7. The van der Waals surface area contributed by atoms with Gasteiger partial charge in [0.1, 0.15) is 6.61 Å². The molecule has 0 saturated carbocycles. The highest BCUT2D eigenvalue weighted by Gasteiger charge is 2.09. The average molecular weight is 244 g/mol. The van der Waals surface area contributed by atoms with Crippen LogP contribution in [0, 0.1) is 0 Å². The highest BCUT2D eigenvalue weighted by molar-refractivity contribution is 5.77. The van der Waals surface area contributed by atoms with Gasteiger partial charge in [-0.05, 0) is 26.8 Å². The second-order valence-corrected chi connectivity index (χ2v) is 4.52. The molecule has 5 nitrogen and oxygen atoms in total. The molecule has 1 aliphatic rings. The van der Waals surface area contributed by atoms with Crippen molar-refractivity contribution in [2.45, 2.75) is 26.4 Å². The van der Waals surface area contributed by atoms with Crippen LogP contribution in [-0.4, -0.2) is 62.9 Å². The van der Waals surface area contributed by atoms with E-state index in [0.29, 0.717) is 0 Å². The van der Waals surface area contributed by atoms with Crippen molar-refractivity contribution >= 4 is 5.91 Å². The van der Waals surface area contributed by atoms with Crippen molar-refractivity contribution < 1.29 is 14.3 Å². The molecule has 5 heteroatoms. The van der Waals surface area contributed by atoms with E-state index >= 15 is 0 Å². The van der Waals surface area contributed by atoms with Crippen LogP contribution in [0.15, 0.2) is 0 Å². The molecule has 0 spiro atoms. The maximum atomic E-state index is 11.3. The van der Waals surface area contributed by atoms with Gasteiger partial charge in [-0.2, -0.15) is 0 Å². The van der Waals surface area contributed by atoms with Gasteiger partial charge in [-0.15, -0.1) is 0 Å². The Morgan fingerprint density at radius 1 is 1.41 bits per heavy atom. The molecule has 0 unspecified atom stereocenters. The SMILES string of the molecule is CC(C)OCC(=O)NCCCN1CCOCC1. The van der Waals surface area contributed by atoms with Crippen molar-refractivity contribution in [3.8, 4) is 0 Å². The standard InChI is InChI=1S/C12H24N2O3/c1-11(2)17-10-12(15)13-4-3-5-14-6-8-16-9-7-14/h11H,3-10H2,1-2H3,(H,13,15). The van der Waals surface area contributed by atoms with E-state index < -0.39 is 0 Å². The number of hydrogen-bond acceptors (Lipinski definition) is 4. The second-order valence-electron chi connectivity index (χ2n) is 4.52. The summed E-state index contributed by atoms with van der Waals surface area (Å²) in [6.07, 6.45) is 1.09. The molecular formula is C12H24N2O3. The maximum Gasteiger partial charge on any atom is 0.246 e. The maximum absolute atomic E-state index is 11.3. The van der Waals surface area contributed by atoms with Crippen LogP contribution in [0.1, 0.15) is 20.3 Å². The van der Waals surface area contributed by atoms with Crippen molar-refractivity contribution in [2.24, 2.45) is 0 Å². The minimum Gasteiger partial charge on any atom is -0.379 e. The summed E-state index contributed by atoms with van der Waals surface area (Å²) in [4.78, 5) is 13.7. The fraction of sp³-hybridized carbons (Fsp3) is 0.917. The summed E-state index contributed by atoms with van der Waals surface area (Å²) in [5.74, 6) is -0.0272. The van der Waals surface area contributed by atoms with Gasteiger partial charge < -0.3 is 14.8 Å². The van der Waals surface area contributed by atoms with Gasteiger partial charge in [-0.25, -0.2) is 0 Å². The number of hydrogen-bond donors (Lipinski definition) is 1. The Labute approximate surface area is 103 Å². The zero-order valence-corrected chi connectivity index (χ0v) is 10.9. The minimum absolute atomic E-state index is 0.0272. The monoisotopic (exact) mass is 244 g/mol. The Balaban J connectivity index is 1.94. The Kier molecular flexibility index (Phi) is 7.16. The number of carbonyl (C=O) groups is 1. The lowest BCUT2D eigenvalue weighted by Gasteiger charge is -2.26. The summed E-state index contributed by atoms with van der Waals surface area (Å²) in [5, 5.41) is 2.86. The van der Waals surface area contributed by atoms with Crippen LogP contribution in [0.4, 0.5) is 0 Å². The van der Waals surface area contributed by atoms with E-state index in [0.717, 1.165) is 45.8 Å². The van der Waals surface area contributed by atoms with Crippen molar-refractivity contribution in [3.63, 3.8) is 0 Å². The van der Waals surface area contributed by atoms with Crippen molar-refractivity contribution in [3.05, 3.63) is 0 Å². The van der Waals surface area contributed by atoms with Gasteiger partial charge in [0.25, 0.3) is 0 Å². The van der Waals surface area contributed by atoms with Gasteiger partial charge in [0.05, 0.1) is 19.3 Å². The van der Waals surface area contributed by atoms with Gasteiger partial charge in [-0.3, -0.25) is 9.69 Å². The van der Waals surface area contributed by atoms with Crippen molar-refractivity contribution in [1.82, 2.24) is 10.2 Å². The average Bonchev–Trinajstić information content (AvgIpc) is 2.33. The summed E-state index contributed by atoms with van der Waals surface area (Å²) in [6, 6.07) is 0. The smallest absolute Gasteiger partial charge is 0.246 e. The molecule has 0 aliphatic carbocycles. The predicted molar refractivity (Wildman–Crippen MR) is 66.0 cm³/mol. The number of ether oxygens (including phenoxy) is 2. The van der Waals surface area contributed by atoms with Crippen molar-refractivity contribution in [1.29, 1.82) is 0 Å². The lowest BCUT2D eigenvalue weighted by Crippen LogP contribution is -2.38. The first-order chi connectivity index (χ1) is 8.18. The molecule has 1 rings (SSSR count). The molecule has 0 atom stereocenters. The van der Waals surface area contributed by atoms with Crippen LogP contribution >= 0.6 is 0 Å². The number of amides is 1. The molecule has 1 saturated heterocycles. The van der Waals surface area contributed by atoms with Crippen LogP contribution in [-0.2, 0) is 14.3 Å². The second kappa shape index (κ2) is 8.44. The van der Waals surface area contributed by atoms with E-state index in [2.05, 4.69) is 10.2 Å². The third-order valence-corrected chi connectivity index (χ3v) is 2.62. The molecule has 0 bridgehead atoms. The van der Waals surface area contributed by atoms with Crippen LogP contribution in [0.2, 0.25) is 0 Å². The van der Waals surface area contributed by atoms with Gasteiger partial charge in [0.2, 0.25) is 5.91 Å². The summed E-state index contributed by atoms with van der Waals surface area (Å²) in [5.41, 5.74) is 0. The van der Waals surface area contributed by atoms with E-state index in [9.17, 15) is 4.79 Å². The molecular weight excluding hydrogens is 220 g/mol. The molecule has 0 aromatic heterocycles. The summed E-state index contributed by atoms with van der Waals surface area (Å²) in [6.45, 7) is 9.41. The zero-order valence-electron chi connectivity index (χ0n) is 10.9. The van der Waals surface area contributed by atoms with Gasteiger partial charge >= 0.3 is 0 Å². The molecule has 1 amide bonds. The van der Waals surface area contributed by atoms with E-state index in [1.54, 1.807) is 0 Å². The number of morpholine rings is 1. The van der Waals surface area contributed by atoms with Gasteiger partial charge in [0.15, 0.2) is 0 Å². The summed E-state index contributed by atoms with van der Waals surface area (Å²) in [7, 11) is 0. The normalized spacial score (nSPS) is 17.4. The highest BCUT2D eigenvalue weighted by atomic mass is 16.5. The number of carbonyl (C=O) groups excluding carboxylic acids is 1. The quantitative estimate of drug-likeness (QED) is 0.652. The van der Waals surface area contributed by atoms with Crippen LogP contribution in [0.5, 0.6) is 0 Å². The Morgan fingerprint density at radius 2 is 2.12 bits per heavy atom. The van der Waals surface area contributed by atoms with Crippen LogP contribution < -0.4 is 5.32 Å². The fourth-order valence-corrected chi connectivity index (χ4v) is 1.65. The Hall–Kier alpha value is -0.650. The molecule has 0 radical (unpaired) electrons. The molecule has 1 N–H and O–H groups in total. The van der Waals surface area contributed by atoms with E-state index in [4.69, 9.17) is 9.47 Å². The first kappa shape index (κ1) is 14.4. The van der Waals surface area contributed by atoms with E-state index in [1.165, 1.54) is 0 Å². The third-order valence-electron chi connectivity index (χ3n) is 2.62. The summed E-state index contributed by atoms with van der Waals surface area (Å²) < 4.78 is 10.5. The van der Waals surface area contributed by atoms with E-state index in [-0.39, 0.29) is 18.6 Å². The number of nitrogens with zero attached hydrogens (tertiary/aromatic N) is 1. The van der Waals surface area contributed by atoms with Gasteiger partial charge in [-0.1, -0.05) is 0 Å². The number of nitrogens with one attached hydrogen (secondary N) is 1. The Morgan fingerprint density at radius 3 is 2.76 bits per heavy atom. The van der Waals surface area contributed by atoms with Crippen LogP contribution in [0.3, 0.4) is 0 Å². The van der Waals surface area contributed by atoms with Crippen molar-refractivity contribution in [2.75, 3.05) is 46.0 Å². The lowest BCUT2D eigenvalue weighted by molar-refractivity contribution is -0.127. The van der Waals surface area contributed by atoms with E-state index in [1.807, 2.05) is 13.8 Å². The molecule has 100 valence electrons. The first-order valence-electron chi connectivity index (χ1n) is 6.37. The molecule has 1 fully saturated rings. The zero-order chi connectivity index (χ0) is 12.5. The predicted octanol–water partition coefficient (Wildman–Crippen LogP) is 0.250. The molecule has 0 aromatic rings. The third kappa shape index (κ3) is 7.31. The lowest BCUT2D eigenvalue weighted by atomic mass is 10.3.